The first-order valence-electron chi connectivity index (χ1n) is 11.5. The van der Waals surface area contributed by atoms with Crippen LogP contribution >= 0.6 is 22.6 Å². The highest BCUT2D eigenvalue weighted by Crippen LogP contribution is 2.12. The Labute approximate surface area is 227 Å². The number of nitrogens with one attached hydrogen (secondary N) is 3. The van der Waals surface area contributed by atoms with Crippen molar-refractivity contribution < 1.29 is 38.7 Å². The van der Waals surface area contributed by atoms with Crippen LogP contribution < -0.4 is 39.1 Å². The summed E-state index contributed by atoms with van der Waals surface area (Å²) in [5.74, 6) is -5.62. The molecular weight excluding hydrogens is 605 g/mol. The number of hydrazine groups is 1. The summed E-state index contributed by atoms with van der Waals surface area (Å²) in [6.45, 7) is 0.914. The Bertz CT molecular complexity index is 857. The van der Waals surface area contributed by atoms with E-state index >= 15 is 0 Å². The number of aliphatic hydroxyl groups excluding tert-OH is 1. The Morgan fingerprint density at radius 1 is 0.757 bits per heavy atom. The highest BCUT2D eigenvalue weighted by atomic mass is 127. The molecule has 0 aliphatic carbocycles. The minimum Gasteiger partial charge on any atom is -0.394 e. The van der Waals surface area contributed by atoms with E-state index in [1.807, 2.05) is 22.6 Å². The summed E-state index contributed by atoms with van der Waals surface area (Å²) in [5, 5.41) is 12.0. The van der Waals surface area contributed by atoms with Crippen LogP contribution in [0.25, 0.3) is 0 Å². The lowest BCUT2D eigenvalue weighted by Gasteiger charge is -2.24. The van der Waals surface area contributed by atoms with Crippen LogP contribution in [-0.4, -0.2) is 80.8 Å². The van der Waals surface area contributed by atoms with Gasteiger partial charge in [-0.25, -0.2) is 10.9 Å². The fraction of sp³-hybridized carbons (Fsp3) is 0.667. The number of primary amides is 3. The molecule has 16 heteroatoms. The highest BCUT2D eigenvalue weighted by molar-refractivity contribution is 14.1. The van der Waals surface area contributed by atoms with Crippen LogP contribution in [0.15, 0.2) is 0 Å². The molecule has 0 rings (SSSR count). The molecule has 15 nitrogen and oxygen atoms in total. The molecule has 0 fully saturated rings. The molecule has 0 aliphatic heterocycles. The van der Waals surface area contributed by atoms with E-state index in [-0.39, 0.29) is 44.3 Å². The second kappa shape index (κ2) is 17.8. The molecule has 0 radical (unpaired) electrons. The number of rotatable bonds is 21. The van der Waals surface area contributed by atoms with Crippen molar-refractivity contribution in [1.82, 2.24) is 16.2 Å². The van der Waals surface area contributed by atoms with Gasteiger partial charge in [-0.2, -0.15) is 0 Å². The molecule has 37 heavy (non-hydrogen) atoms. The quantitative estimate of drug-likeness (QED) is 0.0262. The maximum Gasteiger partial charge on any atom is 0.237 e. The van der Waals surface area contributed by atoms with E-state index < -0.39 is 69.9 Å². The van der Waals surface area contributed by atoms with Gasteiger partial charge in [0.05, 0.1) is 28.7 Å². The lowest BCUT2D eigenvalue weighted by atomic mass is 9.98. The number of carbonyl (C=O) groups is 7. The maximum absolute atomic E-state index is 12.9. The van der Waals surface area contributed by atoms with Crippen molar-refractivity contribution in [2.24, 2.45) is 22.9 Å². The molecule has 0 saturated carbocycles. The van der Waals surface area contributed by atoms with E-state index in [1.54, 1.807) is 6.92 Å². The van der Waals surface area contributed by atoms with Crippen molar-refractivity contribution in [3.8, 4) is 0 Å². The van der Waals surface area contributed by atoms with Gasteiger partial charge in [0.2, 0.25) is 35.2 Å². The van der Waals surface area contributed by atoms with Gasteiger partial charge < -0.3 is 33.4 Å². The number of halogens is 1. The Balaban J connectivity index is 5.52. The molecule has 0 aromatic heterocycles. The van der Waals surface area contributed by atoms with Crippen molar-refractivity contribution in [2.75, 3.05) is 6.61 Å². The van der Waals surface area contributed by atoms with Gasteiger partial charge in [0, 0.05) is 19.3 Å². The summed E-state index contributed by atoms with van der Waals surface area (Å²) >= 11 is 1.92. The van der Waals surface area contributed by atoms with Crippen LogP contribution in [0.3, 0.4) is 0 Å². The Kier molecular flexibility index (Phi) is 16.6. The van der Waals surface area contributed by atoms with E-state index in [0.717, 1.165) is 0 Å². The van der Waals surface area contributed by atoms with Gasteiger partial charge in [-0.15, -0.1) is 0 Å². The molecule has 210 valence electrons. The maximum atomic E-state index is 12.9. The van der Waals surface area contributed by atoms with Gasteiger partial charge in [0.1, 0.15) is 6.04 Å². The minimum atomic E-state index is -1.54. The Morgan fingerprint density at radius 2 is 1.19 bits per heavy atom. The molecular formula is C21H36IN7O8. The molecule has 0 bridgehead atoms. The fourth-order valence-corrected chi connectivity index (χ4v) is 3.43. The second-order valence-electron chi connectivity index (χ2n) is 8.27. The summed E-state index contributed by atoms with van der Waals surface area (Å²) in [6.07, 6.45) is -0.625. The van der Waals surface area contributed by atoms with Crippen LogP contribution in [0, 0.1) is 0 Å². The standard InChI is InChI=1S/C21H36IN7O8/c1-2-10(22)18(34)13(5-8-17(26)33)28-29-14(9-30)20(36)19(35)12(4-7-16(25)32)27-21(37)11(23)3-6-15(24)31/h10-14,28-30H,2-9,23H2,1H3,(H2,24,31)(H2,25,32)(H2,26,33)(H,27,37)/t10-,11-,12-,13-,14-/m0/s1. The predicted octanol–water partition coefficient (Wildman–Crippen LogP) is -3.66. The third kappa shape index (κ3) is 13.5. The molecule has 0 saturated heterocycles. The fourth-order valence-electron chi connectivity index (χ4n) is 2.99. The summed E-state index contributed by atoms with van der Waals surface area (Å²) in [7, 11) is 0. The van der Waals surface area contributed by atoms with E-state index in [1.165, 1.54) is 0 Å². The number of carbonyl (C=O) groups excluding carboxylic acids is 7. The van der Waals surface area contributed by atoms with E-state index in [9.17, 15) is 38.7 Å². The molecule has 0 aromatic rings. The van der Waals surface area contributed by atoms with E-state index in [2.05, 4.69) is 16.2 Å². The van der Waals surface area contributed by atoms with Gasteiger partial charge in [-0.1, -0.05) is 29.5 Å². The smallest absolute Gasteiger partial charge is 0.237 e. The van der Waals surface area contributed by atoms with Gasteiger partial charge in [-0.3, -0.25) is 33.6 Å². The highest BCUT2D eigenvalue weighted by Gasteiger charge is 2.34. The summed E-state index contributed by atoms with van der Waals surface area (Å²) in [5.41, 5.74) is 26.0. The number of Topliss-reactive ketones (excluding diaryl/α,β-unsaturated/α-hetero) is 3. The van der Waals surface area contributed by atoms with Crippen LogP contribution in [0.1, 0.15) is 51.9 Å². The number of alkyl halides is 1. The monoisotopic (exact) mass is 641 g/mol. The normalized spacial score (nSPS) is 15.0. The third-order valence-electron chi connectivity index (χ3n) is 5.21. The first kappa shape index (κ1) is 34.5. The van der Waals surface area contributed by atoms with E-state index in [4.69, 9.17) is 22.9 Å². The Morgan fingerprint density at radius 3 is 1.65 bits per heavy atom. The largest absolute Gasteiger partial charge is 0.394 e. The van der Waals surface area contributed by atoms with Gasteiger partial charge in [-0.05, 0) is 25.7 Å². The predicted molar refractivity (Wildman–Crippen MR) is 139 cm³/mol. The molecule has 0 aliphatic rings. The zero-order valence-corrected chi connectivity index (χ0v) is 22.7. The molecule has 12 N–H and O–H groups in total. The topological polar surface area (TPSA) is 280 Å². The van der Waals surface area contributed by atoms with Crippen molar-refractivity contribution in [1.29, 1.82) is 0 Å². The first-order chi connectivity index (χ1) is 17.2. The molecule has 0 heterocycles. The summed E-state index contributed by atoms with van der Waals surface area (Å²) < 4.78 is -0.415. The zero-order chi connectivity index (χ0) is 28.7. The lowest BCUT2D eigenvalue weighted by molar-refractivity contribution is -0.141. The molecule has 0 aromatic carbocycles. The van der Waals surface area contributed by atoms with Gasteiger partial charge in [0.25, 0.3) is 0 Å². The first-order valence-corrected chi connectivity index (χ1v) is 12.8. The molecule has 4 amide bonds. The molecule has 0 spiro atoms. The Hall–Kier alpha value is -2.54. The number of hydrogen-bond acceptors (Lipinski definition) is 11. The van der Waals surface area contributed by atoms with Crippen LogP contribution in [-0.2, 0) is 33.6 Å². The van der Waals surface area contributed by atoms with Crippen molar-refractivity contribution in [2.45, 2.75) is 80.0 Å². The average molecular weight is 641 g/mol. The number of hydrogen-bond donors (Lipinski definition) is 8. The van der Waals surface area contributed by atoms with Gasteiger partial charge >= 0.3 is 0 Å². The van der Waals surface area contributed by atoms with Crippen LogP contribution in [0.2, 0.25) is 0 Å². The third-order valence-corrected chi connectivity index (χ3v) is 6.71. The number of ketones is 3. The van der Waals surface area contributed by atoms with Crippen LogP contribution in [0.4, 0.5) is 0 Å². The zero-order valence-electron chi connectivity index (χ0n) is 20.5. The van der Waals surface area contributed by atoms with E-state index in [0.29, 0.717) is 6.42 Å². The van der Waals surface area contributed by atoms with Crippen molar-refractivity contribution >= 4 is 63.6 Å². The SMILES string of the molecule is CC[C@H](I)C(=O)[C@H](CCC(N)=O)NN[C@@H](CO)C(=O)C(=O)[C@H](CCC(N)=O)NC(=O)[C@@H](N)CCC(N)=O. The minimum absolute atomic E-state index is 0.00143. The summed E-state index contributed by atoms with van der Waals surface area (Å²) in [6, 6.07) is -5.23. The van der Waals surface area contributed by atoms with Crippen molar-refractivity contribution in [3.05, 3.63) is 0 Å². The lowest BCUT2D eigenvalue weighted by Crippen LogP contribution is -2.58. The van der Waals surface area contributed by atoms with Crippen LogP contribution in [0.5, 0.6) is 0 Å². The number of aliphatic hydroxyl groups is 1. The van der Waals surface area contributed by atoms with Crippen molar-refractivity contribution in [3.63, 3.8) is 0 Å². The summed E-state index contributed by atoms with van der Waals surface area (Å²) in [4.78, 5) is 84.0. The second-order valence-corrected chi connectivity index (χ2v) is 9.77. The molecule has 5 atom stereocenters. The number of nitrogens with two attached hydrogens (primary N) is 4. The average Bonchev–Trinajstić information content (AvgIpc) is 2.84. The molecule has 0 unspecified atom stereocenters. The number of amides is 4. The van der Waals surface area contributed by atoms with Gasteiger partial charge in [0.15, 0.2) is 5.78 Å².